The fourth-order valence-corrected chi connectivity index (χ4v) is 0. The van der Waals surface area contributed by atoms with Gasteiger partial charge in [-0.2, -0.15) is 0 Å². The molecular formula is C2H4Cl2OSi. The quantitative estimate of drug-likeness (QED) is 0.387. The number of hydrogen-bond donors (Lipinski definition) is 1. The Hall–Kier alpha value is 0.337. The Morgan fingerprint density at radius 1 is 1.50 bits per heavy atom. The first-order chi connectivity index (χ1) is 2.64. The van der Waals surface area contributed by atoms with Crippen molar-refractivity contribution in [2.24, 2.45) is 0 Å². The molecule has 0 saturated heterocycles. The van der Waals surface area contributed by atoms with Gasteiger partial charge in [-0.15, -0.1) is 0 Å². The van der Waals surface area contributed by atoms with Crippen molar-refractivity contribution in [1.82, 2.24) is 0 Å². The number of aliphatic hydroxyl groups excluding tert-OH is 1. The highest BCUT2D eigenvalue weighted by Crippen LogP contribution is 2.03. The third-order valence-electron chi connectivity index (χ3n) is 0.284. The Bertz CT molecular complexity index is 61.6. The van der Waals surface area contributed by atoms with Crippen molar-refractivity contribution in [2.45, 2.75) is 0 Å². The van der Waals surface area contributed by atoms with E-state index in [1.807, 2.05) is 0 Å². The first-order valence-corrected chi connectivity index (χ1v) is 3.11. The molecule has 0 unspecified atom stereocenters. The van der Waals surface area contributed by atoms with Crippen LogP contribution in [0.1, 0.15) is 0 Å². The van der Waals surface area contributed by atoms with Crippen molar-refractivity contribution >= 4 is 33.4 Å². The molecule has 0 amide bonds. The van der Waals surface area contributed by atoms with Gasteiger partial charge >= 0.3 is 0 Å². The van der Waals surface area contributed by atoms with E-state index in [0.717, 1.165) is 0 Å². The third-order valence-corrected chi connectivity index (χ3v) is 1.63. The van der Waals surface area contributed by atoms with Crippen LogP contribution in [0.3, 0.4) is 0 Å². The fourth-order valence-electron chi connectivity index (χ4n) is 0. The second-order valence-electron chi connectivity index (χ2n) is 0.824. The minimum atomic E-state index is -0.275. The summed E-state index contributed by atoms with van der Waals surface area (Å²) in [7, 11) is 0.617. The Balaban J connectivity index is 3.68. The first-order valence-electron chi connectivity index (χ1n) is 1.35. The standard InChI is InChI=1S/C2H4Cl2OSi/c3-1(5)2(4)6/h5H,6H3. The molecule has 0 heterocycles. The van der Waals surface area contributed by atoms with Gasteiger partial charge in [0.2, 0.25) is 0 Å². The van der Waals surface area contributed by atoms with Crippen LogP contribution < -0.4 is 0 Å². The van der Waals surface area contributed by atoms with Crippen molar-refractivity contribution in [3.8, 4) is 0 Å². The summed E-state index contributed by atoms with van der Waals surface area (Å²) in [6.07, 6.45) is 0. The molecule has 0 radical (unpaired) electrons. The maximum absolute atomic E-state index is 8.18. The summed E-state index contributed by atoms with van der Waals surface area (Å²) in [4.78, 5) is 0. The SMILES string of the molecule is OC(Cl)=C([SiH3])Cl. The van der Waals surface area contributed by atoms with Crippen molar-refractivity contribution in [3.63, 3.8) is 0 Å². The van der Waals surface area contributed by atoms with Crippen LogP contribution in [0.4, 0.5) is 0 Å². The molecule has 0 aliphatic rings. The molecule has 0 bridgehead atoms. The Labute approximate surface area is 49.0 Å². The fraction of sp³-hybridized carbons (Fsp3) is 0. The predicted octanol–water partition coefficient (Wildman–Crippen LogP) is 0.514. The van der Waals surface area contributed by atoms with Gasteiger partial charge in [-0.3, -0.25) is 0 Å². The lowest BCUT2D eigenvalue weighted by atomic mass is 11.1. The Morgan fingerprint density at radius 2 is 1.67 bits per heavy atom. The second-order valence-corrected chi connectivity index (χ2v) is 3.38. The van der Waals surface area contributed by atoms with Crippen LogP contribution >= 0.6 is 23.2 Å². The van der Waals surface area contributed by atoms with Gasteiger partial charge in [0.25, 0.3) is 0 Å². The molecule has 0 aliphatic heterocycles. The summed E-state index contributed by atoms with van der Waals surface area (Å²) in [5.41, 5.74) is 0. The molecule has 0 spiro atoms. The Morgan fingerprint density at radius 3 is 1.67 bits per heavy atom. The smallest absolute Gasteiger partial charge is 0.193 e. The molecule has 0 aromatic carbocycles. The van der Waals surface area contributed by atoms with Crippen LogP contribution in [0, 0.1) is 0 Å². The lowest BCUT2D eigenvalue weighted by Gasteiger charge is -1.81. The highest BCUT2D eigenvalue weighted by Gasteiger charge is 1.85. The topological polar surface area (TPSA) is 20.2 Å². The van der Waals surface area contributed by atoms with Crippen molar-refractivity contribution < 1.29 is 5.11 Å². The lowest BCUT2D eigenvalue weighted by Crippen LogP contribution is -1.70. The number of rotatable bonds is 0. The van der Waals surface area contributed by atoms with E-state index in [4.69, 9.17) is 28.3 Å². The average Bonchev–Trinajstić information content (AvgIpc) is 1.36. The number of halogens is 2. The third kappa shape index (κ3) is 2.57. The normalized spacial score (nSPS) is 14.3. The lowest BCUT2D eigenvalue weighted by molar-refractivity contribution is 0.452. The van der Waals surface area contributed by atoms with Gasteiger partial charge in [-0.1, -0.05) is 11.6 Å². The van der Waals surface area contributed by atoms with Gasteiger partial charge in [0.15, 0.2) is 5.22 Å². The van der Waals surface area contributed by atoms with Gasteiger partial charge in [0.05, 0.1) is 10.2 Å². The van der Waals surface area contributed by atoms with E-state index in [9.17, 15) is 0 Å². The molecule has 0 saturated carbocycles. The summed E-state index contributed by atoms with van der Waals surface area (Å²) < 4.78 is 0.358. The summed E-state index contributed by atoms with van der Waals surface area (Å²) >= 11 is 10.1. The molecular weight excluding hydrogens is 139 g/mol. The summed E-state index contributed by atoms with van der Waals surface area (Å²) in [6.45, 7) is 0. The molecule has 1 N–H and O–H groups in total. The minimum absolute atomic E-state index is 0.275. The van der Waals surface area contributed by atoms with Crippen LogP contribution in [0.25, 0.3) is 0 Å². The zero-order valence-electron chi connectivity index (χ0n) is 3.20. The molecule has 6 heavy (non-hydrogen) atoms. The van der Waals surface area contributed by atoms with Crippen LogP contribution in [0.5, 0.6) is 0 Å². The monoisotopic (exact) mass is 142 g/mol. The highest BCUT2D eigenvalue weighted by atomic mass is 35.5. The Kier molecular flexibility index (Phi) is 2.64. The molecule has 0 aromatic rings. The van der Waals surface area contributed by atoms with Gasteiger partial charge in [-0.05, 0) is 11.6 Å². The van der Waals surface area contributed by atoms with E-state index in [1.165, 1.54) is 0 Å². The largest absolute Gasteiger partial charge is 0.498 e. The maximum atomic E-state index is 8.18. The van der Waals surface area contributed by atoms with Gasteiger partial charge in [0.1, 0.15) is 0 Å². The first kappa shape index (κ1) is 6.34. The van der Waals surface area contributed by atoms with Crippen molar-refractivity contribution in [2.75, 3.05) is 0 Å². The highest BCUT2D eigenvalue weighted by molar-refractivity contribution is 6.55. The second kappa shape index (κ2) is 2.50. The summed E-state index contributed by atoms with van der Waals surface area (Å²) in [5.74, 6) is 0. The molecule has 0 atom stereocenters. The molecule has 36 valence electrons. The summed E-state index contributed by atoms with van der Waals surface area (Å²) in [5, 5.41) is 7.90. The van der Waals surface area contributed by atoms with E-state index in [-0.39, 0.29) is 5.22 Å². The van der Waals surface area contributed by atoms with Crippen LogP contribution in [0.2, 0.25) is 0 Å². The van der Waals surface area contributed by atoms with Crippen LogP contribution in [0.15, 0.2) is 9.87 Å². The predicted molar refractivity (Wildman–Crippen MR) is 31.3 cm³/mol. The summed E-state index contributed by atoms with van der Waals surface area (Å²) in [6, 6.07) is 0. The molecule has 0 aliphatic carbocycles. The number of aliphatic hydroxyl groups is 1. The molecule has 0 aromatic heterocycles. The van der Waals surface area contributed by atoms with E-state index in [1.54, 1.807) is 0 Å². The van der Waals surface area contributed by atoms with E-state index >= 15 is 0 Å². The maximum Gasteiger partial charge on any atom is 0.193 e. The van der Waals surface area contributed by atoms with Crippen LogP contribution in [-0.2, 0) is 0 Å². The van der Waals surface area contributed by atoms with E-state index in [2.05, 4.69) is 0 Å². The average molecular weight is 143 g/mol. The molecule has 0 fully saturated rings. The van der Waals surface area contributed by atoms with Crippen LogP contribution in [-0.4, -0.2) is 15.3 Å². The van der Waals surface area contributed by atoms with Gasteiger partial charge < -0.3 is 5.11 Å². The van der Waals surface area contributed by atoms with Crippen molar-refractivity contribution in [1.29, 1.82) is 0 Å². The number of hydrogen-bond acceptors (Lipinski definition) is 1. The minimum Gasteiger partial charge on any atom is -0.498 e. The van der Waals surface area contributed by atoms with Gasteiger partial charge in [-0.25, -0.2) is 0 Å². The van der Waals surface area contributed by atoms with Gasteiger partial charge in [0, 0.05) is 4.66 Å². The zero-order chi connectivity index (χ0) is 5.15. The van der Waals surface area contributed by atoms with E-state index in [0.29, 0.717) is 14.9 Å². The molecule has 1 nitrogen and oxygen atoms in total. The van der Waals surface area contributed by atoms with E-state index < -0.39 is 0 Å². The molecule has 0 rings (SSSR count). The van der Waals surface area contributed by atoms with Crippen molar-refractivity contribution in [3.05, 3.63) is 9.87 Å². The molecule has 4 heteroatoms. The zero-order valence-corrected chi connectivity index (χ0v) is 6.72.